The van der Waals surface area contributed by atoms with Crippen molar-refractivity contribution < 1.29 is 9.63 Å². The number of nitrogens with one attached hydrogen (secondary N) is 2. The van der Waals surface area contributed by atoms with Gasteiger partial charge in [-0.25, -0.2) is 5.48 Å². The van der Waals surface area contributed by atoms with Crippen molar-refractivity contribution in [3.8, 4) is 6.07 Å². The number of carbonyl (C=O) groups excluding carboxylic acids is 1. The second kappa shape index (κ2) is 7.37. The molecule has 0 bridgehead atoms. The number of hydrogen-bond donors (Lipinski definition) is 2. The molecule has 1 aliphatic rings. The monoisotopic (exact) mass is 335 g/mol. The fourth-order valence-corrected chi connectivity index (χ4v) is 2.58. The number of rotatable bonds is 6. The van der Waals surface area contributed by atoms with Gasteiger partial charge in [0.05, 0.1) is 29.5 Å². The van der Waals surface area contributed by atoms with Crippen LogP contribution in [0.4, 0.5) is 11.4 Å². The SMILES string of the molecule is Cc1ccc(Nc2cc(C#N)ccc2C(=O)NOCC2CC2)c(C)c1. The molecule has 0 heterocycles. The molecule has 0 saturated heterocycles. The molecule has 0 radical (unpaired) electrons. The Morgan fingerprint density at radius 1 is 1.20 bits per heavy atom. The molecule has 2 aromatic carbocycles. The molecule has 1 amide bonds. The van der Waals surface area contributed by atoms with Gasteiger partial charge in [0.25, 0.3) is 5.91 Å². The maximum Gasteiger partial charge on any atom is 0.276 e. The molecule has 128 valence electrons. The Labute approximate surface area is 147 Å². The average Bonchev–Trinajstić information content (AvgIpc) is 3.41. The number of benzene rings is 2. The van der Waals surface area contributed by atoms with E-state index in [1.54, 1.807) is 18.2 Å². The van der Waals surface area contributed by atoms with Gasteiger partial charge in [-0.1, -0.05) is 17.7 Å². The first-order valence-corrected chi connectivity index (χ1v) is 8.37. The molecule has 0 aromatic heterocycles. The van der Waals surface area contributed by atoms with Crippen molar-refractivity contribution in [1.82, 2.24) is 5.48 Å². The molecular weight excluding hydrogens is 314 g/mol. The Morgan fingerprint density at radius 3 is 2.68 bits per heavy atom. The largest absolute Gasteiger partial charge is 0.355 e. The molecule has 1 saturated carbocycles. The Balaban J connectivity index is 1.82. The summed E-state index contributed by atoms with van der Waals surface area (Å²) in [5.41, 5.74) is 7.14. The highest BCUT2D eigenvalue weighted by Gasteiger charge is 2.22. The highest BCUT2D eigenvalue weighted by molar-refractivity contribution is 6.00. The van der Waals surface area contributed by atoms with E-state index in [0.29, 0.717) is 29.3 Å². The lowest BCUT2D eigenvalue weighted by Gasteiger charge is -2.15. The highest BCUT2D eigenvalue weighted by atomic mass is 16.7. The minimum atomic E-state index is -0.322. The fraction of sp³-hybridized carbons (Fsp3) is 0.300. The second-order valence-electron chi connectivity index (χ2n) is 6.50. The summed E-state index contributed by atoms with van der Waals surface area (Å²) in [4.78, 5) is 17.7. The third-order valence-electron chi connectivity index (χ3n) is 4.23. The van der Waals surface area contributed by atoms with Crippen molar-refractivity contribution in [2.75, 3.05) is 11.9 Å². The standard InChI is InChI=1S/C20H21N3O2/c1-13-3-8-18(14(2)9-13)22-19-10-16(11-21)6-7-17(19)20(24)23-25-12-15-4-5-15/h3,6-10,15,22H,4-5,12H2,1-2H3,(H,23,24). The number of hydrogen-bond acceptors (Lipinski definition) is 4. The molecule has 5 heteroatoms. The number of anilines is 2. The Kier molecular flexibility index (Phi) is 5.01. The predicted molar refractivity (Wildman–Crippen MR) is 96.5 cm³/mol. The quantitative estimate of drug-likeness (QED) is 0.783. The van der Waals surface area contributed by atoms with Crippen molar-refractivity contribution in [2.45, 2.75) is 26.7 Å². The van der Waals surface area contributed by atoms with Crippen LogP contribution in [0.5, 0.6) is 0 Å². The minimum absolute atomic E-state index is 0.322. The number of amides is 1. The van der Waals surface area contributed by atoms with Gasteiger partial charge in [-0.2, -0.15) is 5.26 Å². The van der Waals surface area contributed by atoms with Crippen molar-refractivity contribution in [3.05, 3.63) is 58.7 Å². The lowest BCUT2D eigenvalue weighted by molar-refractivity contribution is 0.0271. The molecule has 2 aromatic rings. The molecule has 0 spiro atoms. The molecule has 25 heavy (non-hydrogen) atoms. The molecule has 1 fully saturated rings. The van der Waals surface area contributed by atoms with Gasteiger partial charge in [-0.05, 0) is 62.4 Å². The first kappa shape index (κ1) is 17.0. The van der Waals surface area contributed by atoms with E-state index in [1.807, 2.05) is 26.0 Å². The zero-order chi connectivity index (χ0) is 17.8. The van der Waals surface area contributed by atoms with Crippen LogP contribution < -0.4 is 10.8 Å². The number of carbonyl (C=O) groups is 1. The Hall–Kier alpha value is -2.84. The molecule has 2 N–H and O–H groups in total. The van der Waals surface area contributed by atoms with E-state index < -0.39 is 0 Å². The summed E-state index contributed by atoms with van der Waals surface area (Å²) in [7, 11) is 0. The van der Waals surface area contributed by atoms with Gasteiger partial charge in [0.15, 0.2) is 0 Å². The molecule has 0 atom stereocenters. The molecule has 5 nitrogen and oxygen atoms in total. The fourth-order valence-electron chi connectivity index (χ4n) is 2.58. The molecule has 0 unspecified atom stereocenters. The molecule has 0 aliphatic heterocycles. The summed E-state index contributed by atoms with van der Waals surface area (Å²) in [6, 6.07) is 13.1. The summed E-state index contributed by atoms with van der Waals surface area (Å²) in [6.07, 6.45) is 2.32. The van der Waals surface area contributed by atoms with Crippen molar-refractivity contribution in [2.24, 2.45) is 5.92 Å². The van der Waals surface area contributed by atoms with Crippen molar-refractivity contribution >= 4 is 17.3 Å². The lowest BCUT2D eigenvalue weighted by Crippen LogP contribution is -2.25. The van der Waals surface area contributed by atoms with E-state index in [0.717, 1.165) is 24.1 Å². The van der Waals surface area contributed by atoms with E-state index in [2.05, 4.69) is 22.9 Å². The van der Waals surface area contributed by atoms with Gasteiger partial charge in [0.1, 0.15) is 0 Å². The summed E-state index contributed by atoms with van der Waals surface area (Å²) >= 11 is 0. The van der Waals surface area contributed by atoms with Crippen molar-refractivity contribution in [3.63, 3.8) is 0 Å². The zero-order valence-corrected chi connectivity index (χ0v) is 14.4. The average molecular weight is 335 g/mol. The van der Waals surface area contributed by atoms with E-state index in [1.165, 1.54) is 5.56 Å². The number of nitrogens with zero attached hydrogens (tertiary/aromatic N) is 1. The van der Waals surface area contributed by atoms with Crippen molar-refractivity contribution in [1.29, 1.82) is 5.26 Å². The van der Waals surface area contributed by atoms with Gasteiger partial charge in [-0.15, -0.1) is 0 Å². The predicted octanol–water partition coefficient (Wildman–Crippen LogP) is 3.99. The van der Waals surface area contributed by atoms with Gasteiger partial charge in [0, 0.05) is 5.69 Å². The number of aryl methyl sites for hydroxylation is 2. The maximum atomic E-state index is 12.4. The Bertz CT molecular complexity index is 835. The first-order valence-electron chi connectivity index (χ1n) is 8.37. The van der Waals surface area contributed by atoms with Gasteiger partial charge in [0.2, 0.25) is 0 Å². The minimum Gasteiger partial charge on any atom is -0.355 e. The highest BCUT2D eigenvalue weighted by Crippen LogP contribution is 2.29. The number of hydroxylamine groups is 1. The molecular formula is C20H21N3O2. The second-order valence-corrected chi connectivity index (χ2v) is 6.50. The van der Waals surface area contributed by atoms with Crippen LogP contribution in [0.25, 0.3) is 0 Å². The van der Waals surface area contributed by atoms with Crippen LogP contribution in [0.15, 0.2) is 36.4 Å². The summed E-state index contributed by atoms with van der Waals surface area (Å²) in [5.74, 6) is 0.242. The van der Waals surface area contributed by atoms with Crippen LogP contribution in [-0.2, 0) is 4.84 Å². The van der Waals surface area contributed by atoms with Crippen LogP contribution in [0.3, 0.4) is 0 Å². The molecule has 3 rings (SSSR count). The Morgan fingerprint density at radius 2 is 2.00 bits per heavy atom. The van der Waals surface area contributed by atoms with Crippen LogP contribution in [0, 0.1) is 31.1 Å². The maximum absolute atomic E-state index is 12.4. The van der Waals surface area contributed by atoms with E-state index in [4.69, 9.17) is 10.1 Å². The smallest absolute Gasteiger partial charge is 0.276 e. The van der Waals surface area contributed by atoms with Gasteiger partial charge < -0.3 is 5.32 Å². The topological polar surface area (TPSA) is 74.2 Å². The third-order valence-corrected chi connectivity index (χ3v) is 4.23. The normalized spacial score (nSPS) is 13.2. The van der Waals surface area contributed by atoms with E-state index in [9.17, 15) is 4.79 Å². The number of nitriles is 1. The van der Waals surface area contributed by atoms with Crippen LogP contribution >= 0.6 is 0 Å². The van der Waals surface area contributed by atoms with Gasteiger partial charge in [-0.3, -0.25) is 9.63 Å². The van der Waals surface area contributed by atoms with Crippen LogP contribution in [0.1, 0.15) is 39.9 Å². The van der Waals surface area contributed by atoms with E-state index in [-0.39, 0.29) is 5.91 Å². The summed E-state index contributed by atoms with van der Waals surface area (Å²) < 4.78 is 0. The first-order chi connectivity index (χ1) is 12.1. The molecule has 1 aliphatic carbocycles. The van der Waals surface area contributed by atoms with Crippen LogP contribution in [0.2, 0.25) is 0 Å². The van der Waals surface area contributed by atoms with E-state index >= 15 is 0 Å². The third kappa shape index (κ3) is 4.37. The van der Waals surface area contributed by atoms with Crippen LogP contribution in [-0.4, -0.2) is 12.5 Å². The summed E-state index contributed by atoms with van der Waals surface area (Å²) in [5, 5.41) is 12.4. The zero-order valence-electron chi connectivity index (χ0n) is 14.4. The van der Waals surface area contributed by atoms with Gasteiger partial charge >= 0.3 is 0 Å². The lowest BCUT2D eigenvalue weighted by atomic mass is 10.1. The summed E-state index contributed by atoms with van der Waals surface area (Å²) in [6.45, 7) is 4.58.